The van der Waals surface area contributed by atoms with Gasteiger partial charge in [0.25, 0.3) is 5.91 Å². The van der Waals surface area contributed by atoms with E-state index in [1.165, 1.54) is 12.1 Å². The molecule has 4 nitrogen and oxygen atoms in total. The lowest BCUT2D eigenvalue weighted by Gasteiger charge is -2.10. The van der Waals surface area contributed by atoms with E-state index in [-0.39, 0.29) is 22.7 Å². The van der Waals surface area contributed by atoms with E-state index in [2.05, 4.69) is 5.32 Å². The summed E-state index contributed by atoms with van der Waals surface area (Å²) < 4.78 is 13.1. The zero-order valence-electron chi connectivity index (χ0n) is 10.3. The average molecular weight is 260 g/mol. The molecule has 0 aliphatic carbocycles. The summed E-state index contributed by atoms with van der Waals surface area (Å²) in [4.78, 5) is 12.0. The van der Waals surface area contributed by atoms with Crippen LogP contribution in [0.3, 0.4) is 0 Å². The molecular weight excluding hydrogens is 247 g/mol. The smallest absolute Gasteiger partial charge is 0.257 e. The van der Waals surface area contributed by atoms with Crippen molar-refractivity contribution in [2.24, 2.45) is 0 Å². The normalized spacial score (nSPS) is 10.2. The highest BCUT2D eigenvalue weighted by molar-refractivity contribution is 6.08. The van der Waals surface area contributed by atoms with Crippen molar-refractivity contribution < 1.29 is 14.3 Å². The van der Waals surface area contributed by atoms with Crippen molar-refractivity contribution >= 4 is 17.3 Å². The summed E-state index contributed by atoms with van der Waals surface area (Å²) in [6.07, 6.45) is 0. The molecule has 19 heavy (non-hydrogen) atoms. The predicted octanol–water partition coefficient (Wildman–Crippen LogP) is 2.67. The zero-order chi connectivity index (χ0) is 14.0. The number of nitrogens with one attached hydrogen (secondary N) is 1. The fourth-order valence-electron chi connectivity index (χ4n) is 1.67. The van der Waals surface area contributed by atoms with E-state index in [1.54, 1.807) is 25.1 Å². The van der Waals surface area contributed by atoms with Crippen LogP contribution in [0.5, 0.6) is 5.75 Å². The molecule has 2 aromatic rings. The summed E-state index contributed by atoms with van der Waals surface area (Å²) in [5.41, 5.74) is 6.71. The van der Waals surface area contributed by atoms with Crippen molar-refractivity contribution in [1.29, 1.82) is 0 Å². The Hall–Kier alpha value is -2.56. The molecule has 2 rings (SSSR count). The molecule has 0 aromatic heterocycles. The molecule has 2 aromatic carbocycles. The number of phenolic OH excluding ortho intramolecular Hbond substituents is 1. The molecule has 5 heteroatoms. The van der Waals surface area contributed by atoms with Crippen LogP contribution < -0.4 is 11.1 Å². The fourth-order valence-corrected chi connectivity index (χ4v) is 1.67. The number of carbonyl (C=O) groups excluding carboxylic acids is 1. The average Bonchev–Trinajstić information content (AvgIpc) is 2.38. The van der Waals surface area contributed by atoms with Crippen LogP contribution in [-0.2, 0) is 0 Å². The number of para-hydroxylation sites is 1. The third-order valence-corrected chi connectivity index (χ3v) is 2.75. The molecule has 0 aliphatic rings. The molecule has 0 bridgehead atoms. The van der Waals surface area contributed by atoms with Crippen LogP contribution in [0.15, 0.2) is 36.4 Å². The number of aryl methyl sites for hydroxylation is 1. The number of carbonyl (C=O) groups is 1. The molecule has 0 spiro atoms. The second-order valence-corrected chi connectivity index (χ2v) is 4.16. The molecule has 0 atom stereocenters. The Morgan fingerprint density at radius 1 is 1.32 bits per heavy atom. The number of hydrogen-bond donors (Lipinski definition) is 3. The van der Waals surface area contributed by atoms with Gasteiger partial charge in [-0.15, -0.1) is 0 Å². The van der Waals surface area contributed by atoms with E-state index in [0.717, 1.165) is 6.07 Å². The standard InChI is InChI=1S/C14H13FN2O2/c1-8-3-2-4-12(13(8)18)17-14(19)10-7-9(15)5-6-11(10)16/h2-7,18H,16H2,1H3,(H,17,19). The maximum absolute atomic E-state index is 13.1. The van der Waals surface area contributed by atoms with Crippen LogP contribution in [0, 0.1) is 12.7 Å². The van der Waals surface area contributed by atoms with Crippen molar-refractivity contribution in [3.8, 4) is 5.75 Å². The number of phenols is 1. The minimum Gasteiger partial charge on any atom is -0.505 e. The third kappa shape index (κ3) is 2.65. The fraction of sp³-hybridized carbons (Fsp3) is 0.0714. The van der Waals surface area contributed by atoms with Gasteiger partial charge in [-0.1, -0.05) is 12.1 Å². The molecule has 0 radical (unpaired) electrons. The number of rotatable bonds is 2. The van der Waals surface area contributed by atoms with Gasteiger partial charge in [0, 0.05) is 5.69 Å². The second kappa shape index (κ2) is 4.97. The molecule has 1 amide bonds. The second-order valence-electron chi connectivity index (χ2n) is 4.16. The molecule has 0 saturated carbocycles. The molecular formula is C14H13FN2O2. The summed E-state index contributed by atoms with van der Waals surface area (Å²) in [6, 6.07) is 8.50. The number of benzene rings is 2. The van der Waals surface area contributed by atoms with Crippen LogP contribution >= 0.6 is 0 Å². The van der Waals surface area contributed by atoms with E-state index in [0.29, 0.717) is 5.56 Å². The Bertz CT molecular complexity index is 641. The van der Waals surface area contributed by atoms with Gasteiger partial charge < -0.3 is 16.2 Å². The number of aromatic hydroxyl groups is 1. The van der Waals surface area contributed by atoms with E-state index in [9.17, 15) is 14.3 Å². The molecule has 0 fully saturated rings. The van der Waals surface area contributed by atoms with Gasteiger partial charge in [-0.25, -0.2) is 4.39 Å². The molecule has 0 unspecified atom stereocenters. The molecule has 0 aliphatic heterocycles. The van der Waals surface area contributed by atoms with Gasteiger partial charge in [-0.3, -0.25) is 4.79 Å². The lowest BCUT2D eigenvalue weighted by atomic mass is 10.1. The highest BCUT2D eigenvalue weighted by Crippen LogP contribution is 2.27. The minimum absolute atomic E-state index is 0.0224. The zero-order valence-corrected chi connectivity index (χ0v) is 10.3. The van der Waals surface area contributed by atoms with E-state index >= 15 is 0 Å². The van der Waals surface area contributed by atoms with Crippen molar-refractivity contribution in [1.82, 2.24) is 0 Å². The van der Waals surface area contributed by atoms with Gasteiger partial charge in [0.1, 0.15) is 11.6 Å². The van der Waals surface area contributed by atoms with Gasteiger partial charge >= 0.3 is 0 Å². The SMILES string of the molecule is Cc1cccc(NC(=O)c2cc(F)ccc2N)c1O. The van der Waals surface area contributed by atoms with Gasteiger partial charge in [-0.2, -0.15) is 0 Å². The lowest BCUT2D eigenvalue weighted by Crippen LogP contribution is -2.14. The van der Waals surface area contributed by atoms with Crippen LogP contribution in [-0.4, -0.2) is 11.0 Å². The van der Waals surface area contributed by atoms with Crippen LogP contribution in [0.2, 0.25) is 0 Å². The number of anilines is 2. The summed E-state index contributed by atoms with van der Waals surface area (Å²) in [5, 5.41) is 12.3. The number of nitrogen functional groups attached to an aromatic ring is 1. The molecule has 0 saturated heterocycles. The van der Waals surface area contributed by atoms with Crippen LogP contribution in [0.25, 0.3) is 0 Å². The molecule has 98 valence electrons. The summed E-state index contributed by atoms with van der Waals surface area (Å²) in [7, 11) is 0. The largest absolute Gasteiger partial charge is 0.505 e. The summed E-state index contributed by atoms with van der Waals surface area (Å²) >= 11 is 0. The Labute approximate surface area is 109 Å². The van der Waals surface area contributed by atoms with E-state index in [1.807, 2.05) is 0 Å². The number of hydrogen-bond acceptors (Lipinski definition) is 3. The first-order chi connectivity index (χ1) is 8.99. The molecule has 0 heterocycles. The topological polar surface area (TPSA) is 75.4 Å². The first kappa shape index (κ1) is 12.9. The maximum atomic E-state index is 13.1. The Balaban J connectivity index is 2.31. The minimum atomic E-state index is -0.571. The monoisotopic (exact) mass is 260 g/mol. The Kier molecular flexibility index (Phi) is 3.37. The van der Waals surface area contributed by atoms with Crippen molar-refractivity contribution in [3.63, 3.8) is 0 Å². The Morgan fingerprint density at radius 2 is 2.05 bits per heavy atom. The van der Waals surface area contributed by atoms with E-state index < -0.39 is 11.7 Å². The van der Waals surface area contributed by atoms with Crippen molar-refractivity contribution in [2.75, 3.05) is 11.1 Å². The Morgan fingerprint density at radius 3 is 2.79 bits per heavy atom. The quantitative estimate of drug-likeness (QED) is 0.574. The van der Waals surface area contributed by atoms with Gasteiger partial charge in [0.05, 0.1) is 11.3 Å². The number of nitrogens with two attached hydrogens (primary N) is 1. The van der Waals surface area contributed by atoms with Crippen molar-refractivity contribution in [2.45, 2.75) is 6.92 Å². The van der Waals surface area contributed by atoms with E-state index in [4.69, 9.17) is 5.73 Å². The molecule has 4 N–H and O–H groups in total. The number of halogens is 1. The van der Waals surface area contributed by atoms with Gasteiger partial charge in [-0.05, 0) is 36.8 Å². The predicted molar refractivity (Wildman–Crippen MR) is 71.6 cm³/mol. The third-order valence-electron chi connectivity index (χ3n) is 2.75. The van der Waals surface area contributed by atoms with Crippen LogP contribution in [0.4, 0.5) is 15.8 Å². The first-order valence-electron chi connectivity index (χ1n) is 5.64. The van der Waals surface area contributed by atoms with Crippen molar-refractivity contribution in [3.05, 3.63) is 53.3 Å². The maximum Gasteiger partial charge on any atom is 0.257 e. The summed E-state index contributed by atoms with van der Waals surface area (Å²) in [5.74, 6) is -1.14. The van der Waals surface area contributed by atoms with Crippen LogP contribution in [0.1, 0.15) is 15.9 Å². The highest BCUT2D eigenvalue weighted by Gasteiger charge is 2.13. The first-order valence-corrected chi connectivity index (χ1v) is 5.64. The summed E-state index contributed by atoms with van der Waals surface area (Å²) in [6.45, 7) is 1.71. The highest BCUT2D eigenvalue weighted by atomic mass is 19.1. The van der Waals surface area contributed by atoms with Gasteiger partial charge in [0.2, 0.25) is 0 Å². The van der Waals surface area contributed by atoms with Gasteiger partial charge in [0.15, 0.2) is 0 Å². The lowest BCUT2D eigenvalue weighted by molar-refractivity contribution is 0.102. The number of amides is 1.